The standard InChI is InChI=1S/C21H24N2O3/c1-14-7-6-10-18(15(14)2)22-20(24)13-23-12-17-9-5-4-8-16(17)11-19(23)21(25)26-3/h4-10,19H,11-13H2,1-3H3,(H,22,24)/p+1/t19-/m0/s1. The first kappa shape index (κ1) is 18.1. The zero-order valence-electron chi connectivity index (χ0n) is 15.5. The summed E-state index contributed by atoms with van der Waals surface area (Å²) in [6.45, 7) is 4.87. The highest BCUT2D eigenvalue weighted by Crippen LogP contribution is 2.18. The molecule has 5 nitrogen and oxygen atoms in total. The van der Waals surface area contributed by atoms with Crippen molar-refractivity contribution >= 4 is 17.6 Å². The van der Waals surface area contributed by atoms with Gasteiger partial charge in [-0.3, -0.25) is 4.79 Å². The van der Waals surface area contributed by atoms with Crippen LogP contribution in [-0.2, 0) is 27.3 Å². The van der Waals surface area contributed by atoms with E-state index in [0.717, 1.165) is 27.3 Å². The highest BCUT2D eigenvalue weighted by molar-refractivity contribution is 5.92. The molecule has 1 amide bonds. The van der Waals surface area contributed by atoms with Gasteiger partial charge < -0.3 is 15.0 Å². The summed E-state index contributed by atoms with van der Waals surface area (Å²) < 4.78 is 4.98. The fourth-order valence-corrected chi connectivity index (χ4v) is 3.53. The third-order valence-electron chi connectivity index (χ3n) is 5.20. The number of carbonyl (C=O) groups excluding carboxylic acids is 2. The lowest BCUT2D eigenvalue weighted by Gasteiger charge is -2.31. The Morgan fingerprint density at radius 1 is 1.12 bits per heavy atom. The molecule has 0 saturated heterocycles. The van der Waals surface area contributed by atoms with Crippen LogP contribution in [0.4, 0.5) is 5.69 Å². The van der Waals surface area contributed by atoms with Gasteiger partial charge >= 0.3 is 5.97 Å². The van der Waals surface area contributed by atoms with Gasteiger partial charge in [-0.1, -0.05) is 36.4 Å². The van der Waals surface area contributed by atoms with Crippen LogP contribution in [0.25, 0.3) is 0 Å². The number of benzene rings is 2. The normalized spacial score (nSPS) is 18.7. The zero-order chi connectivity index (χ0) is 18.7. The van der Waals surface area contributed by atoms with Crippen molar-refractivity contribution in [2.24, 2.45) is 0 Å². The first-order valence-electron chi connectivity index (χ1n) is 8.85. The minimum absolute atomic E-state index is 0.0954. The fraction of sp³-hybridized carbons (Fsp3) is 0.333. The van der Waals surface area contributed by atoms with Crippen molar-refractivity contribution in [2.45, 2.75) is 32.9 Å². The van der Waals surface area contributed by atoms with Gasteiger partial charge in [-0.05, 0) is 36.6 Å². The van der Waals surface area contributed by atoms with Crippen LogP contribution in [0.5, 0.6) is 0 Å². The molecule has 136 valence electrons. The van der Waals surface area contributed by atoms with Crippen molar-refractivity contribution in [1.29, 1.82) is 0 Å². The number of esters is 1. The maximum atomic E-state index is 12.6. The summed E-state index contributed by atoms with van der Waals surface area (Å²) >= 11 is 0. The molecule has 5 heteroatoms. The number of quaternary nitrogens is 1. The van der Waals surface area contributed by atoms with Crippen LogP contribution < -0.4 is 10.2 Å². The molecule has 26 heavy (non-hydrogen) atoms. The SMILES string of the molecule is COC(=O)[C@@H]1Cc2ccccc2C[NH+]1CC(=O)Nc1cccc(C)c1C. The lowest BCUT2D eigenvalue weighted by atomic mass is 9.94. The zero-order valence-corrected chi connectivity index (χ0v) is 15.5. The van der Waals surface area contributed by atoms with Gasteiger partial charge in [-0.25, -0.2) is 4.79 Å². The van der Waals surface area contributed by atoms with Gasteiger partial charge in [0.05, 0.1) is 7.11 Å². The lowest BCUT2D eigenvalue weighted by Crippen LogP contribution is -3.17. The molecule has 0 fully saturated rings. The van der Waals surface area contributed by atoms with E-state index >= 15 is 0 Å². The van der Waals surface area contributed by atoms with Crippen molar-refractivity contribution in [3.05, 3.63) is 64.7 Å². The molecule has 3 rings (SSSR count). The number of aryl methyl sites for hydroxylation is 1. The second kappa shape index (κ2) is 7.70. The van der Waals surface area contributed by atoms with Gasteiger partial charge in [0.1, 0.15) is 6.54 Å². The molecule has 0 aliphatic carbocycles. The monoisotopic (exact) mass is 353 g/mol. The van der Waals surface area contributed by atoms with Crippen molar-refractivity contribution in [3.63, 3.8) is 0 Å². The molecular weight excluding hydrogens is 328 g/mol. The number of hydrogen-bond donors (Lipinski definition) is 2. The van der Waals surface area contributed by atoms with E-state index < -0.39 is 0 Å². The molecule has 2 N–H and O–H groups in total. The van der Waals surface area contributed by atoms with Crippen LogP contribution in [0.1, 0.15) is 22.3 Å². The third kappa shape index (κ3) is 3.78. The molecule has 1 aliphatic heterocycles. The first-order chi connectivity index (χ1) is 12.5. The Morgan fingerprint density at radius 3 is 2.58 bits per heavy atom. The summed E-state index contributed by atoms with van der Waals surface area (Å²) in [5, 5.41) is 2.99. The number of hydrogen-bond acceptors (Lipinski definition) is 3. The number of nitrogens with one attached hydrogen (secondary N) is 2. The van der Waals surface area contributed by atoms with Crippen molar-refractivity contribution in [1.82, 2.24) is 0 Å². The number of amides is 1. The van der Waals surface area contributed by atoms with Crippen molar-refractivity contribution < 1.29 is 19.2 Å². The van der Waals surface area contributed by atoms with E-state index in [-0.39, 0.29) is 24.5 Å². The van der Waals surface area contributed by atoms with Gasteiger partial charge in [-0.2, -0.15) is 0 Å². The van der Waals surface area contributed by atoms with Crippen LogP contribution >= 0.6 is 0 Å². The number of rotatable bonds is 4. The first-order valence-corrected chi connectivity index (χ1v) is 8.85. The Balaban J connectivity index is 1.76. The highest BCUT2D eigenvalue weighted by atomic mass is 16.5. The molecule has 2 aromatic rings. The third-order valence-corrected chi connectivity index (χ3v) is 5.20. The molecule has 0 bridgehead atoms. The van der Waals surface area contributed by atoms with Crippen LogP contribution in [0.3, 0.4) is 0 Å². The molecule has 0 spiro atoms. The van der Waals surface area contributed by atoms with E-state index in [2.05, 4.69) is 11.4 Å². The van der Waals surface area contributed by atoms with Crippen molar-refractivity contribution in [2.75, 3.05) is 19.0 Å². The van der Waals surface area contributed by atoms with Crippen LogP contribution in [0.2, 0.25) is 0 Å². The molecule has 0 aromatic heterocycles. The second-order valence-corrected chi connectivity index (χ2v) is 6.86. The van der Waals surface area contributed by atoms with E-state index in [9.17, 15) is 9.59 Å². The average Bonchev–Trinajstić information content (AvgIpc) is 2.64. The van der Waals surface area contributed by atoms with Gasteiger partial charge in [0.2, 0.25) is 0 Å². The van der Waals surface area contributed by atoms with Gasteiger partial charge in [0, 0.05) is 17.7 Å². The predicted molar refractivity (Wildman–Crippen MR) is 100 cm³/mol. The maximum Gasteiger partial charge on any atom is 0.365 e. The molecule has 0 radical (unpaired) electrons. The molecule has 1 heterocycles. The minimum atomic E-state index is -0.362. The summed E-state index contributed by atoms with van der Waals surface area (Å²) in [5.41, 5.74) is 5.35. The minimum Gasteiger partial charge on any atom is -0.465 e. The quantitative estimate of drug-likeness (QED) is 0.818. The second-order valence-electron chi connectivity index (χ2n) is 6.86. The van der Waals surface area contributed by atoms with Gasteiger partial charge in [-0.15, -0.1) is 0 Å². The fourth-order valence-electron chi connectivity index (χ4n) is 3.53. The number of carbonyl (C=O) groups is 2. The Labute approximate surface area is 154 Å². The Bertz CT molecular complexity index is 832. The molecule has 1 aliphatic rings. The van der Waals surface area contributed by atoms with Crippen LogP contribution in [-0.4, -0.2) is 31.6 Å². The summed E-state index contributed by atoms with van der Waals surface area (Å²) in [6.07, 6.45) is 0.592. The summed E-state index contributed by atoms with van der Waals surface area (Å²) in [4.78, 5) is 25.8. The lowest BCUT2D eigenvalue weighted by molar-refractivity contribution is -0.924. The van der Waals surface area contributed by atoms with Crippen molar-refractivity contribution in [3.8, 4) is 0 Å². The maximum absolute atomic E-state index is 12.6. The molecule has 0 saturated carbocycles. The topological polar surface area (TPSA) is 59.8 Å². The molecule has 1 unspecified atom stereocenters. The van der Waals surface area contributed by atoms with E-state index in [1.54, 1.807) is 0 Å². The highest BCUT2D eigenvalue weighted by Gasteiger charge is 2.37. The number of anilines is 1. The van der Waals surface area contributed by atoms with E-state index in [1.807, 2.05) is 50.2 Å². The molecule has 2 atom stereocenters. The Kier molecular flexibility index (Phi) is 5.38. The van der Waals surface area contributed by atoms with E-state index in [4.69, 9.17) is 4.74 Å². The summed E-state index contributed by atoms with van der Waals surface area (Å²) in [6, 6.07) is 13.6. The van der Waals surface area contributed by atoms with E-state index in [1.165, 1.54) is 12.7 Å². The average molecular weight is 353 g/mol. The smallest absolute Gasteiger partial charge is 0.365 e. The summed E-state index contributed by atoms with van der Waals surface area (Å²) in [5.74, 6) is -0.365. The number of methoxy groups -OCH3 is 1. The van der Waals surface area contributed by atoms with Gasteiger partial charge in [0.15, 0.2) is 12.6 Å². The van der Waals surface area contributed by atoms with Crippen LogP contribution in [0, 0.1) is 13.8 Å². The predicted octanol–water partition coefficient (Wildman–Crippen LogP) is 1.42. The largest absolute Gasteiger partial charge is 0.465 e. The molecule has 2 aromatic carbocycles. The summed E-state index contributed by atoms with van der Waals surface area (Å²) in [7, 11) is 1.40. The van der Waals surface area contributed by atoms with Gasteiger partial charge in [0.25, 0.3) is 5.91 Å². The Morgan fingerprint density at radius 2 is 1.85 bits per heavy atom. The Hall–Kier alpha value is -2.66. The number of fused-ring (bicyclic) bond motifs is 1. The molecular formula is C21H25N2O3+. The van der Waals surface area contributed by atoms with E-state index in [0.29, 0.717) is 13.0 Å². The number of ether oxygens (including phenoxy) is 1. The van der Waals surface area contributed by atoms with Crippen LogP contribution in [0.15, 0.2) is 42.5 Å².